The van der Waals surface area contributed by atoms with Gasteiger partial charge in [-0.05, 0) is 18.2 Å². The van der Waals surface area contributed by atoms with Gasteiger partial charge in [0.05, 0.1) is 4.90 Å². The molecule has 0 heterocycles. The molecule has 0 atom stereocenters. The number of nitrogens with zero attached hydrogens (tertiary/aromatic N) is 1. The third kappa shape index (κ3) is 2.87. The number of carbonyl (C=O) groups is 1. The van der Waals surface area contributed by atoms with Gasteiger partial charge >= 0.3 is 0 Å². The van der Waals surface area contributed by atoms with E-state index in [4.69, 9.17) is 5.84 Å². The maximum Gasteiger partial charge on any atom is 0.265 e. The summed E-state index contributed by atoms with van der Waals surface area (Å²) in [6.45, 7) is 4.28. The summed E-state index contributed by atoms with van der Waals surface area (Å²) in [5.74, 6) is 4.49. The molecule has 0 bridgehead atoms. The number of sulfonamides is 1. The molecule has 0 fully saturated rings. The minimum atomic E-state index is -3.55. The Morgan fingerprint density at radius 1 is 1.33 bits per heavy atom. The van der Waals surface area contributed by atoms with Gasteiger partial charge in [0.15, 0.2) is 0 Å². The standard InChI is InChI=1S/C11H17N3O3S/c1-3-14(4-2)18(16,17)10-7-5-6-9(8-10)11(15)13-12/h5-8H,3-4,12H2,1-2H3,(H,13,15). The summed E-state index contributed by atoms with van der Waals surface area (Å²) in [7, 11) is -3.55. The number of nitrogen functional groups attached to an aromatic ring is 1. The van der Waals surface area contributed by atoms with Crippen molar-refractivity contribution in [1.29, 1.82) is 0 Å². The van der Waals surface area contributed by atoms with E-state index < -0.39 is 15.9 Å². The van der Waals surface area contributed by atoms with E-state index in [-0.39, 0.29) is 10.5 Å². The molecule has 0 aliphatic rings. The van der Waals surface area contributed by atoms with Crippen molar-refractivity contribution in [2.75, 3.05) is 13.1 Å². The number of amides is 1. The highest BCUT2D eigenvalue weighted by Crippen LogP contribution is 2.16. The average molecular weight is 271 g/mol. The first-order chi connectivity index (χ1) is 8.47. The second kappa shape index (κ2) is 5.94. The van der Waals surface area contributed by atoms with Crippen molar-refractivity contribution in [3.63, 3.8) is 0 Å². The summed E-state index contributed by atoms with van der Waals surface area (Å²) in [5.41, 5.74) is 2.18. The number of nitrogens with two attached hydrogens (primary N) is 1. The summed E-state index contributed by atoms with van der Waals surface area (Å²) in [6.07, 6.45) is 0. The molecule has 0 aliphatic carbocycles. The number of rotatable bonds is 5. The Bertz CT molecular complexity index is 524. The molecule has 0 aliphatic heterocycles. The van der Waals surface area contributed by atoms with Crippen molar-refractivity contribution in [1.82, 2.24) is 9.73 Å². The van der Waals surface area contributed by atoms with Crippen LogP contribution in [0.1, 0.15) is 24.2 Å². The summed E-state index contributed by atoms with van der Waals surface area (Å²) < 4.78 is 25.8. The lowest BCUT2D eigenvalue weighted by Gasteiger charge is -2.18. The fourth-order valence-electron chi connectivity index (χ4n) is 1.59. The van der Waals surface area contributed by atoms with E-state index in [9.17, 15) is 13.2 Å². The fraction of sp³-hybridized carbons (Fsp3) is 0.364. The maximum atomic E-state index is 12.2. The van der Waals surface area contributed by atoms with Crippen molar-refractivity contribution >= 4 is 15.9 Å². The van der Waals surface area contributed by atoms with Gasteiger partial charge < -0.3 is 0 Å². The van der Waals surface area contributed by atoms with Gasteiger partial charge in [-0.3, -0.25) is 10.2 Å². The topological polar surface area (TPSA) is 92.5 Å². The van der Waals surface area contributed by atoms with Crippen LogP contribution in [0.2, 0.25) is 0 Å². The molecule has 0 unspecified atom stereocenters. The number of hydrogen-bond acceptors (Lipinski definition) is 4. The zero-order valence-corrected chi connectivity index (χ0v) is 11.2. The monoisotopic (exact) mass is 271 g/mol. The van der Waals surface area contributed by atoms with Crippen molar-refractivity contribution in [3.05, 3.63) is 29.8 Å². The number of hydrogen-bond donors (Lipinski definition) is 2. The van der Waals surface area contributed by atoms with E-state index in [2.05, 4.69) is 0 Å². The summed E-state index contributed by atoms with van der Waals surface area (Å²) in [5, 5.41) is 0. The molecule has 3 N–H and O–H groups in total. The first-order valence-electron chi connectivity index (χ1n) is 5.58. The van der Waals surface area contributed by atoms with E-state index >= 15 is 0 Å². The first kappa shape index (κ1) is 14.6. The number of nitrogens with one attached hydrogen (secondary N) is 1. The van der Waals surface area contributed by atoms with Gasteiger partial charge in [0, 0.05) is 18.7 Å². The van der Waals surface area contributed by atoms with Gasteiger partial charge in [0.25, 0.3) is 5.91 Å². The molecule has 18 heavy (non-hydrogen) atoms. The third-order valence-electron chi connectivity index (χ3n) is 2.57. The van der Waals surface area contributed by atoms with Crippen molar-refractivity contribution in [3.8, 4) is 0 Å². The van der Waals surface area contributed by atoms with Gasteiger partial charge in [-0.1, -0.05) is 19.9 Å². The molecular weight excluding hydrogens is 254 g/mol. The van der Waals surface area contributed by atoms with Crippen LogP contribution in [0, 0.1) is 0 Å². The molecule has 0 radical (unpaired) electrons. The predicted octanol–water partition coefficient (Wildman–Crippen LogP) is 0.321. The van der Waals surface area contributed by atoms with Crippen LogP contribution in [0.25, 0.3) is 0 Å². The zero-order valence-electron chi connectivity index (χ0n) is 10.4. The SMILES string of the molecule is CCN(CC)S(=O)(=O)c1cccc(C(=O)NN)c1. The van der Waals surface area contributed by atoms with Gasteiger partial charge in [-0.2, -0.15) is 4.31 Å². The molecule has 1 aromatic rings. The van der Waals surface area contributed by atoms with Crippen molar-refractivity contribution in [2.24, 2.45) is 5.84 Å². The van der Waals surface area contributed by atoms with Crippen LogP contribution in [0.15, 0.2) is 29.2 Å². The zero-order chi connectivity index (χ0) is 13.8. The molecule has 1 amide bonds. The number of benzene rings is 1. The highest BCUT2D eigenvalue weighted by atomic mass is 32.2. The van der Waals surface area contributed by atoms with Gasteiger partial charge in [-0.15, -0.1) is 0 Å². The van der Waals surface area contributed by atoms with E-state index in [1.807, 2.05) is 5.43 Å². The Labute approximate surface area is 107 Å². The molecular formula is C11H17N3O3S. The lowest BCUT2D eigenvalue weighted by atomic mass is 10.2. The Hall–Kier alpha value is -1.44. The van der Waals surface area contributed by atoms with Crippen LogP contribution in [0.4, 0.5) is 0 Å². The van der Waals surface area contributed by atoms with Crippen LogP contribution in [0.5, 0.6) is 0 Å². The molecule has 7 heteroatoms. The first-order valence-corrected chi connectivity index (χ1v) is 7.02. The largest absolute Gasteiger partial charge is 0.290 e. The molecule has 1 aromatic carbocycles. The molecule has 1 rings (SSSR count). The van der Waals surface area contributed by atoms with E-state index in [0.717, 1.165) is 0 Å². The van der Waals surface area contributed by atoms with Crippen LogP contribution >= 0.6 is 0 Å². The maximum absolute atomic E-state index is 12.2. The van der Waals surface area contributed by atoms with Crippen LogP contribution in [-0.2, 0) is 10.0 Å². The Morgan fingerprint density at radius 2 is 1.94 bits per heavy atom. The fourth-order valence-corrected chi connectivity index (χ4v) is 3.10. The molecule has 6 nitrogen and oxygen atoms in total. The highest BCUT2D eigenvalue weighted by Gasteiger charge is 2.22. The predicted molar refractivity (Wildman–Crippen MR) is 68.2 cm³/mol. The van der Waals surface area contributed by atoms with E-state index in [1.165, 1.54) is 28.6 Å². The highest BCUT2D eigenvalue weighted by molar-refractivity contribution is 7.89. The van der Waals surface area contributed by atoms with Gasteiger partial charge in [0.2, 0.25) is 10.0 Å². The second-order valence-corrected chi connectivity index (χ2v) is 5.53. The molecule has 0 spiro atoms. The molecule has 0 aromatic heterocycles. The number of hydrazine groups is 1. The van der Waals surface area contributed by atoms with Gasteiger partial charge in [-0.25, -0.2) is 14.3 Å². The van der Waals surface area contributed by atoms with E-state index in [0.29, 0.717) is 13.1 Å². The van der Waals surface area contributed by atoms with Crippen LogP contribution < -0.4 is 11.3 Å². The quantitative estimate of drug-likeness (QED) is 0.458. The van der Waals surface area contributed by atoms with E-state index in [1.54, 1.807) is 13.8 Å². The Kier molecular flexibility index (Phi) is 4.83. The summed E-state index contributed by atoms with van der Waals surface area (Å²) in [6, 6.07) is 5.79. The summed E-state index contributed by atoms with van der Waals surface area (Å²) >= 11 is 0. The third-order valence-corrected chi connectivity index (χ3v) is 4.62. The van der Waals surface area contributed by atoms with Gasteiger partial charge in [0.1, 0.15) is 0 Å². The minimum absolute atomic E-state index is 0.0901. The minimum Gasteiger partial charge on any atom is -0.290 e. The molecule has 100 valence electrons. The van der Waals surface area contributed by atoms with Crippen LogP contribution in [-0.4, -0.2) is 31.7 Å². The lowest BCUT2D eigenvalue weighted by Crippen LogP contribution is -2.32. The van der Waals surface area contributed by atoms with Crippen molar-refractivity contribution in [2.45, 2.75) is 18.7 Å². The number of carbonyl (C=O) groups excluding carboxylic acids is 1. The lowest BCUT2D eigenvalue weighted by molar-refractivity contribution is 0.0953. The Balaban J connectivity index is 3.21. The molecule has 0 saturated heterocycles. The average Bonchev–Trinajstić information content (AvgIpc) is 2.39. The Morgan fingerprint density at radius 3 is 2.44 bits per heavy atom. The smallest absolute Gasteiger partial charge is 0.265 e. The normalized spacial score (nSPS) is 11.6. The summed E-state index contributed by atoms with van der Waals surface area (Å²) in [4.78, 5) is 11.4. The molecule has 0 saturated carbocycles. The van der Waals surface area contributed by atoms with Crippen molar-refractivity contribution < 1.29 is 13.2 Å². The van der Waals surface area contributed by atoms with Crippen LogP contribution in [0.3, 0.4) is 0 Å². The second-order valence-electron chi connectivity index (χ2n) is 3.59.